The molecule has 8 heteroatoms. The molecule has 0 aromatic heterocycles. The van der Waals surface area contributed by atoms with E-state index in [1.54, 1.807) is 24.3 Å². The third kappa shape index (κ3) is 4.32. The van der Waals surface area contributed by atoms with Gasteiger partial charge >= 0.3 is 0 Å². The molecule has 1 amide bonds. The van der Waals surface area contributed by atoms with Crippen LogP contribution < -0.4 is 5.32 Å². The lowest BCUT2D eigenvalue weighted by Crippen LogP contribution is -2.47. The fraction of sp³-hybridized carbons (Fsp3) is 0.500. The SMILES string of the molecule is CN(C)S(=O)(=O)N1CCCC(C(=O)Nc2ccc(CC#N)cc2)C1. The highest BCUT2D eigenvalue weighted by Gasteiger charge is 2.33. The first kappa shape index (κ1) is 18.4. The van der Waals surface area contributed by atoms with Gasteiger partial charge in [0, 0.05) is 32.9 Å². The highest BCUT2D eigenvalue weighted by atomic mass is 32.2. The monoisotopic (exact) mass is 350 g/mol. The average Bonchev–Trinajstić information content (AvgIpc) is 2.57. The summed E-state index contributed by atoms with van der Waals surface area (Å²) in [5.41, 5.74) is 1.53. The summed E-state index contributed by atoms with van der Waals surface area (Å²) < 4.78 is 26.9. The van der Waals surface area contributed by atoms with E-state index in [1.165, 1.54) is 22.7 Å². The van der Waals surface area contributed by atoms with E-state index in [9.17, 15) is 13.2 Å². The summed E-state index contributed by atoms with van der Waals surface area (Å²) in [7, 11) is -0.519. The Morgan fingerprint density at radius 3 is 2.62 bits per heavy atom. The summed E-state index contributed by atoms with van der Waals surface area (Å²) in [6.07, 6.45) is 1.65. The van der Waals surface area contributed by atoms with Crippen LogP contribution in [0, 0.1) is 17.2 Å². The molecule has 0 aliphatic carbocycles. The molecule has 1 N–H and O–H groups in total. The molecule has 1 heterocycles. The maximum atomic E-state index is 12.4. The number of piperidine rings is 1. The van der Waals surface area contributed by atoms with Gasteiger partial charge in [-0.05, 0) is 30.5 Å². The number of hydrogen-bond acceptors (Lipinski definition) is 4. The van der Waals surface area contributed by atoms with Gasteiger partial charge in [-0.25, -0.2) is 0 Å². The van der Waals surface area contributed by atoms with Crippen molar-refractivity contribution in [2.24, 2.45) is 5.92 Å². The van der Waals surface area contributed by atoms with Crippen molar-refractivity contribution in [3.05, 3.63) is 29.8 Å². The van der Waals surface area contributed by atoms with Gasteiger partial charge < -0.3 is 5.32 Å². The third-order valence-electron chi connectivity index (χ3n) is 4.05. The molecule has 1 atom stereocenters. The van der Waals surface area contributed by atoms with E-state index in [4.69, 9.17) is 5.26 Å². The van der Waals surface area contributed by atoms with Gasteiger partial charge in [-0.3, -0.25) is 4.79 Å². The molecule has 130 valence electrons. The Kier molecular flexibility index (Phi) is 5.94. The Morgan fingerprint density at radius 1 is 1.38 bits per heavy atom. The van der Waals surface area contributed by atoms with Crippen molar-refractivity contribution >= 4 is 21.8 Å². The second-order valence-electron chi connectivity index (χ2n) is 6.01. The zero-order valence-electron chi connectivity index (χ0n) is 13.9. The van der Waals surface area contributed by atoms with E-state index in [2.05, 4.69) is 11.4 Å². The van der Waals surface area contributed by atoms with E-state index in [-0.39, 0.29) is 18.4 Å². The summed E-state index contributed by atoms with van der Waals surface area (Å²) in [6, 6.07) is 9.16. The number of amides is 1. The maximum absolute atomic E-state index is 12.4. The van der Waals surface area contributed by atoms with E-state index < -0.39 is 10.2 Å². The molecule has 7 nitrogen and oxygen atoms in total. The predicted molar refractivity (Wildman–Crippen MR) is 91.3 cm³/mol. The second-order valence-corrected chi connectivity index (χ2v) is 8.15. The molecule has 1 aromatic rings. The normalized spacial score (nSPS) is 19.0. The van der Waals surface area contributed by atoms with Gasteiger partial charge in [0.05, 0.1) is 18.4 Å². The highest BCUT2D eigenvalue weighted by molar-refractivity contribution is 7.86. The number of rotatable bonds is 5. The van der Waals surface area contributed by atoms with Crippen LogP contribution in [0.5, 0.6) is 0 Å². The minimum absolute atomic E-state index is 0.179. The smallest absolute Gasteiger partial charge is 0.281 e. The van der Waals surface area contributed by atoms with E-state index >= 15 is 0 Å². The van der Waals surface area contributed by atoms with Gasteiger partial charge in [-0.2, -0.15) is 22.3 Å². The molecule has 1 aliphatic heterocycles. The second kappa shape index (κ2) is 7.75. The van der Waals surface area contributed by atoms with Crippen LogP contribution in [0.4, 0.5) is 5.69 Å². The largest absolute Gasteiger partial charge is 0.326 e. The first-order chi connectivity index (χ1) is 11.3. The van der Waals surface area contributed by atoms with Crippen LogP contribution in [-0.4, -0.2) is 50.1 Å². The van der Waals surface area contributed by atoms with Gasteiger partial charge in [-0.15, -0.1) is 0 Å². The Bertz CT molecular complexity index is 723. The van der Waals surface area contributed by atoms with Gasteiger partial charge in [0.25, 0.3) is 10.2 Å². The van der Waals surface area contributed by atoms with Gasteiger partial charge in [0.15, 0.2) is 0 Å². The molecule has 0 spiro atoms. The van der Waals surface area contributed by atoms with Crippen molar-refractivity contribution in [3.8, 4) is 6.07 Å². The third-order valence-corrected chi connectivity index (χ3v) is 5.95. The number of carbonyl (C=O) groups excluding carboxylic acids is 1. The van der Waals surface area contributed by atoms with Gasteiger partial charge in [-0.1, -0.05) is 12.1 Å². The van der Waals surface area contributed by atoms with Gasteiger partial charge in [0.1, 0.15) is 0 Å². The summed E-state index contributed by atoms with van der Waals surface area (Å²) in [5.74, 6) is -0.547. The quantitative estimate of drug-likeness (QED) is 0.864. The van der Waals surface area contributed by atoms with E-state index in [0.717, 1.165) is 5.56 Å². The van der Waals surface area contributed by atoms with E-state index in [1.807, 2.05) is 0 Å². The number of nitrogens with one attached hydrogen (secondary N) is 1. The molecule has 1 unspecified atom stereocenters. The number of benzene rings is 1. The van der Waals surface area contributed by atoms with Crippen molar-refractivity contribution in [1.29, 1.82) is 5.26 Å². The molecule has 24 heavy (non-hydrogen) atoms. The predicted octanol–water partition coefficient (Wildman–Crippen LogP) is 1.21. The van der Waals surface area contributed by atoms with Crippen LogP contribution in [0.3, 0.4) is 0 Å². The molecule has 0 bridgehead atoms. The summed E-state index contributed by atoms with van der Waals surface area (Å²) in [4.78, 5) is 12.4. The number of anilines is 1. The van der Waals surface area contributed by atoms with Crippen LogP contribution >= 0.6 is 0 Å². The van der Waals surface area contributed by atoms with Crippen molar-refractivity contribution in [3.63, 3.8) is 0 Å². The molecular formula is C16H22N4O3S. The van der Waals surface area contributed by atoms with E-state index in [0.29, 0.717) is 31.5 Å². The molecule has 0 saturated carbocycles. The summed E-state index contributed by atoms with van der Waals surface area (Å²) >= 11 is 0. The number of carbonyl (C=O) groups is 1. The van der Waals surface area contributed by atoms with Crippen LogP contribution in [0.15, 0.2) is 24.3 Å². The minimum Gasteiger partial charge on any atom is -0.326 e. The van der Waals surface area contributed by atoms with Crippen LogP contribution in [0.25, 0.3) is 0 Å². The lowest BCUT2D eigenvalue weighted by atomic mass is 9.98. The van der Waals surface area contributed by atoms with Crippen molar-refractivity contribution < 1.29 is 13.2 Å². The lowest BCUT2D eigenvalue weighted by Gasteiger charge is -2.32. The molecule has 1 saturated heterocycles. The van der Waals surface area contributed by atoms with Crippen LogP contribution in [0.1, 0.15) is 18.4 Å². The number of hydrogen-bond donors (Lipinski definition) is 1. The maximum Gasteiger partial charge on any atom is 0.281 e. The fourth-order valence-electron chi connectivity index (χ4n) is 2.64. The molecule has 0 radical (unpaired) electrons. The van der Waals surface area contributed by atoms with Crippen LogP contribution in [-0.2, 0) is 21.4 Å². The zero-order valence-corrected chi connectivity index (χ0v) is 14.7. The first-order valence-corrected chi connectivity index (χ1v) is 9.18. The standard InChI is InChI=1S/C16H22N4O3S/c1-19(2)24(22,23)20-11-3-4-14(12-20)16(21)18-15-7-5-13(6-8-15)9-10-17/h5-8,14H,3-4,9,11-12H2,1-2H3,(H,18,21). The Hall–Kier alpha value is -1.95. The summed E-state index contributed by atoms with van der Waals surface area (Å²) in [5, 5.41) is 11.5. The molecule has 2 rings (SSSR count). The minimum atomic E-state index is -3.50. The number of nitriles is 1. The van der Waals surface area contributed by atoms with Crippen LogP contribution in [0.2, 0.25) is 0 Å². The topological polar surface area (TPSA) is 93.5 Å². The first-order valence-electron chi connectivity index (χ1n) is 7.79. The fourth-order valence-corrected chi connectivity index (χ4v) is 3.83. The molecular weight excluding hydrogens is 328 g/mol. The Morgan fingerprint density at radius 2 is 2.04 bits per heavy atom. The zero-order chi connectivity index (χ0) is 17.7. The molecule has 1 fully saturated rings. The number of nitrogens with zero attached hydrogens (tertiary/aromatic N) is 3. The van der Waals surface area contributed by atoms with Gasteiger partial charge in [0.2, 0.25) is 5.91 Å². The highest BCUT2D eigenvalue weighted by Crippen LogP contribution is 2.22. The average molecular weight is 350 g/mol. The molecule has 1 aromatic carbocycles. The molecule has 1 aliphatic rings. The van der Waals surface area contributed by atoms with Crippen molar-refractivity contribution in [2.45, 2.75) is 19.3 Å². The lowest BCUT2D eigenvalue weighted by molar-refractivity contribution is -0.120. The van der Waals surface area contributed by atoms with Crippen molar-refractivity contribution in [1.82, 2.24) is 8.61 Å². The Balaban J connectivity index is 2.00. The summed E-state index contributed by atoms with van der Waals surface area (Å²) in [6.45, 7) is 0.631. The Labute approximate surface area is 143 Å². The van der Waals surface area contributed by atoms with Crippen molar-refractivity contribution in [2.75, 3.05) is 32.5 Å².